The van der Waals surface area contributed by atoms with Crippen LogP contribution in [0.3, 0.4) is 0 Å². The summed E-state index contributed by atoms with van der Waals surface area (Å²) in [4.78, 5) is 13.7. The van der Waals surface area contributed by atoms with Crippen molar-refractivity contribution in [1.29, 1.82) is 0 Å². The van der Waals surface area contributed by atoms with Gasteiger partial charge in [-0.3, -0.25) is 0 Å². The van der Waals surface area contributed by atoms with E-state index in [4.69, 9.17) is 4.74 Å². The summed E-state index contributed by atoms with van der Waals surface area (Å²) >= 11 is 0. The average Bonchev–Trinajstić information content (AvgIpc) is 3.33. The van der Waals surface area contributed by atoms with E-state index in [0.717, 1.165) is 49.2 Å². The molecule has 0 aliphatic heterocycles. The highest BCUT2D eigenvalue weighted by atomic mass is 16.5. The fraction of sp³-hybridized carbons (Fsp3) is 0.341. The van der Waals surface area contributed by atoms with Gasteiger partial charge in [0.2, 0.25) is 0 Å². The lowest BCUT2D eigenvalue weighted by atomic mass is 9.76. The molecule has 0 spiro atoms. The number of anilines is 3. The van der Waals surface area contributed by atoms with Crippen LogP contribution in [-0.2, 0) is 27.8 Å². The number of hydrogen-bond acceptors (Lipinski definition) is 4. The topological polar surface area (TPSA) is 49.8 Å². The molecule has 0 fully saturated rings. The second-order valence-corrected chi connectivity index (χ2v) is 12.4. The first kappa shape index (κ1) is 32.2. The molecule has 4 heteroatoms. The number of ether oxygens (including phenoxy) is 1. The minimum atomic E-state index is -0.377. The van der Waals surface area contributed by atoms with Crippen molar-refractivity contribution in [1.82, 2.24) is 0 Å². The number of hydrogen-bond donors (Lipinski definition) is 1. The zero-order valence-electron chi connectivity index (χ0n) is 26.9. The van der Waals surface area contributed by atoms with Crippen LogP contribution in [0.2, 0.25) is 0 Å². The molecule has 1 unspecified atom stereocenters. The Hall–Kier alpha value is -4.15. The molecule has 0 heterocycles. The molecule has 0 amide bonds. The van der Waals surface area contributed by atoms with E-state index in [1.54, 1.807) is 0 Å². The van der Waals surface area contributed by atoms with Gasteiger partial charge in [0.05, 0.1) is 6.61 Å². The number of rotatable bonds is 16. The number of aliphatic hydroxyl groups is 1. The van der Waals surface area contributed by atoms with Gasteiger partial charge >= 0.3 is 5.97 Å². The highest BCUT2D eigenvalue weighted by molar-refractivity contribution is 5.85. The summed E-state index contributed by atoms with van der Waals surface area (Å²) in [5.41, 5.74) is 11.3. The van der Waals surface area contributed by atoms with Crippen molar-refractivity contribution in [2.24, 2.45) is 0 Å². The lowest BCUT2D eigenvalue weighted by molar-refractivity contribution is -0.137. The minimum absolute atomic E-state index is 0.0333. The van der Waals surface area contributed by atoms with Gasteiger partial charge in [0.1, 0.15) is 0 Å². The molecular formula is C41H47NO3. The summed E-state index contributed by atoms with van der Waals surface area (Å²) in [6.45, 7) is 8.76. The summed E-state index contributed by atoms with van der Waals surface area (Å²) in [6, 6.07) is 33.5. The Balaban J connectivity index is 1.49. The molecule has 0 radical (unpaired) electrons. The van der Waals surface area contributed by atoms with E-state index in [9.17, 15) is 9.90 Å². The van der Waals surface area contributed by atoms with Crippen LogP contribution in [0.5, 0.6) is 0 Å². The Morgan fingerprint density at radius 3 is 2.04 bits per heavy atom. The molecule has 45 heavy (non-hydrogen) atoms. The maximum absolute atomic E-state index is 11.4. The Morgan fingerprint density at radius 1 is 0.778 bits per heavy atom. The Morgan fingerprint density at radius 2 is 1.40 bits per heavy atom. The van der Waals surface area contributed by atoms with E-state index >= 15 is 0 Å². The van der Waals surface area contributed by atoms with Crippen LogP contribution in [0.4, 0.5) is 17.1 Å². The quantitative estimate of drug-likeness (QED) is 0.0789. The number of carbonyl (C=O) groups is 1. The molecule has 1 aliphatic carbocycles. The molecule has 1 aliphatic rings. The van der Waals surface area contributed by atoms with Crippen LogP contribution in [0.15, 0.2) is 104 Å². The SMILES string of the molecule is C=CC(=O)OCCCc1ccc(N(c2ccc(CCCO)cc2)c2ccc3c(c2)C(C)(CCCCCC)c2ccccc2-3)cc1. The number of fused-ring (bicyclic) bond motifs is 3. The first-order valence-corrected chi connectivity index (χ1v) is 16.6. The second kappa shape index (κ2) is 15.2. The summed E-state index contributed by atoms with van der Waals surface area (Å²) in [5, 5.41) is 9.32. The Bertz CT molecular complexity index is 1570. The van der Waals surface area contributed by atoms with Gasteiger partial charge in [0.15, 0.2) is 0 Å². The van der Waals surface area contributed by atoms with Crippen LogP contribution in [0.1, 0.15) is 81.0 Å². The maximum Gasteiger partial charge on any atom is 0.330 e. The standard InChI is InChI=1S/C41H47NO3/c1-4-6-7-10-27-41(3)38-16-9-8-15-36(38)37-26-25-35(30-39(37)41)42(33-21-17-31(18-22-33)13-11-28-43)34-23-19-32(20-24-34)14-12-29-45-40(44)5-2/h5,8-9,15-26,30,43H,2,4,6-7,10-14,27-29H2,1,3H3. The number of aryl methyl sites for hydroxylation is 2. The number of esters is 1. The van der Waals surface area contributed by atoms with Crippen molar-refractivity contribution in [2.45, 2.75) is 77.0 Å². The van der Waals surface area contributed by atoms with Crippen molar-refractivity contribution in [3.05, 3.63) is 126 Å². The minimum Gasteiger partial charge on any atom is -0.463 e. The number of aliphatic hydroxyl groups excluding tert-OH is 1. The van der Waals surface area contributed by atoms with Crippen molar-refractivity contribution in [3.8, 4) is 11.1 Å². The van der Waals surface area contributed by atoms with Crippen molar-refractivity contribution < 1.29 is 14.6 Å². The van der Waals surface area contributed by atoms with Crippen molar-refractivity contribution in [2.75, 3.05) is 18.1 Å². The number of unbranched alkanes of at least 4 members (excludes halogenated alkanes) is 3. The van der Waals surface area contributed by atoms with E-state index in [1.165, 1.54) is 65.1 Å². The molecular weight excluding hydrogens is 554 g/mol. The van der Waals surface area contributed by atoms with E-state index in [0.29, 0.717) is 6.61 Å². The molecule has 4 aromatic rings. The third-order valence-electron chi connectivity index (χ3n) is 9.23. The molecule has 0 saturated heterocycles. The fourth-order valence-corrected chi connectivity index (χ4v) is 6.74. The van der Waals surface area contributed by atoms with E-state index in [-0.39, 0.29) is 18.0 Å². The molecule has 1 atom stereocenters. The molecule has 0 saturated carbocycles. The van der Waals surface area contributed by atoms with Gasteiger partial charge in [-0.25, -0.2) is 4.79 Å². The number of nitrogens with zero attached hydrogens (tertiary/aromatic N) is 1. The highest BCUT2D eigenvalue weighted by Gasteiger charge is 2.39. The van der Waals surface area contributed by atoms with Crippen molar-refractivity contribution in [3.63, 3.8) is 0 Å². The highest BCUT2D eigenvalue weighted by Crippen LogP contribution is 2.53. The summed E-state index contributed by atoms with van der Waals surface area (Å²) in [7, 11) is 0. The smallest absolute Gasteiger partial charge is 0.330 e. The van der Waals surface area contributed by atoms with E-state index < -0.39 is 0 Å². The third kappa shape index (κ3) is 7.40. The first-order chi connectivity index (χ1) is 22.0. The normalized spacial score (nSPS) is 14.9. The third-order valence-corrected chi connectivity index (χ3v) is 9.23. The molecule has 1 N–H and O–H groups in total. The summed E-state index contributed by atoms with van der Waals surface area (Å²) in [6.07, 6.45) is 10.6. The van der Waals surface area contributed by atoms with Gasteiger partial charge in [-0.15, -0.1) is 0 Å². The Kier molecular flexibility index (Phi) is 10.9. The van der Waals surface area contributed by atoms with Crippen LogP contribution < -0.4 is 4.90 Å². The first-order valence-electron chi connectivity index (χ1n) is 16.6. The number of carbonyl (C=O) groups excluding carboxylic acids is 1. The Labute approximate surface area is 269 Å². The van der Waals surface area contributed by atoms with Crippen molar-refractivity contribution >= 4 is 23.0 Å². The van der Waals surface area contributed by atoms with Crippen LogP contribution in [0.25, 0.3) is 11.1 Å². The zero-order chi connectivity index (χ0) is 31.6. The van der Waals surface area contributed by atoms with Gasteiger partial charge in [0.25, 0.3) is 0 Å². The maximum atomic E-state index is 11.4. The molecule has 4 nitrogen and oxygen atoms in total. The lowest BCUT2D eigenvalue weighted by Crippen LogP contribution is -2.21. The predicted octanol–water partition coefficient (Wildman–Crippen LogP) is 10.00. The van der Waals surface area contributed by atoms with Crippen LogP contribution in [-0.4, -0.2) is 24.3 Å². The van der Waals surface area contributed by atoms with Gasteiger partial charge in [0, 0.05) is 35.2 Å². The fourth-order valence-electron chi connectivity index (χ4n) is 6.74. The van der Waals surface area contributed by atoms with Gasteiger partial charge in [-0.05, 0) is 102 Å². The molecule has 4 aromatic carbocycles. The number of benzene rings is 4. The second-order valence-electron chi connectivity index (χ2n) is 12.4. The van der Waals surface area contributed by atoms with Crippen LogP contribution in [0, 0.1) is 0 Å². The lowest BCUT2D eigenvalue weighted by Gasteiger charge is -2.30. The molecule has 234 valence electrons. The monoisotopic (exact) mass is 601 g/mol. The van der Waals surface area contributed by atoms with E-state index in [1.807, 2.05) is 0 Å². The van der Waals surface area contributed by atoms with Gasteiger partial charge in [-0.1, -0.05) is 101 Å². The van der Waals surface area contributed by atoms with E-state index in [2.05, 4.69) is 116 Å². The summed E-state index contributed by atoms with van der Waals surface area (Å²) < 4.78 is 5.16. The van der Waals surface area contributed by atoms with Gasteiger partial charge in [-0.2, -0.15) is 0 Å². The predicted molar refractivity (Wildman–Crippen MR) is 187 cm³/mol. The molecule has 5 rings (SSSR count). The average molecular weight is 602 g/mol. The van der Waals surface area contributed by atoms with Crippen LogP contribution >= 0.6 is 0 Å². The van der Waals surface area contributed by atoms with Gasteiger partial charge < -0.3 is 14.7 Å². The zero-order valence-corrected chi connectivity index (χ0v) is 26.9. The molecule has 0 aromatic heterocycles. The summed E-state index contributed by atoms with van der Waals surface area (Å²) in [5.74, 6) is -0.377. The molecule has 0 bridgehead atoms. The largest absolute Gasteiger partial charge is 0.463 e.